The van der Waals surface area contributed by atoms with E-state index in [1.165, 1.54) is 24.3 Å². The summed E-state index contributed by atoms with van der Waals surface area (Å²) in [7, 11) is 0. The fraction of sp³-hybridized carbons (Fsp3) is 0.333. The number of benzene rings is 1. The van der Waals surface area contributed by atoms with E-state index in [0.29, 0.717) is 5.56 Å². The highest BCUT2D eigenvalue weighted by molar-refractivity contribution is 5.96. The minimum Gasteiger partial charge on any atom is -0.508 e. The smallest absolute Gasteiger partial charge is 0.326 e. The number of carboxylic acids is 1. The fourth-order valence-electron chi connectivity index (χ4n) is 3.58. The Labute approximate surface area is 221 Å². The molecule has 0 bridgehead atoms. The summed E-state index contributed by atoms with van der Waals surface area (Å²) in [6, 6.07) is 3.53. The number of rotatable bonds is 11. The second kappa shape index (κ2) is 12.4. The molecule has 206 valence electrons. The van der Waals surface area contributed by atoms with E-state index in [-0.39, 0.29) is 47.3 Å². The summed E-state index contributed by atoms with van der Waals surface area (Å²) in [4.78, 5) is 75.4. The third kappa shape index (κ3) is 7.95. The van der Waals surface area contributed by atoms with Gasteiger partial charge in [0.15, 0.2) is 11.2 Å². The van der Waals surface area contributed by atoms with Gasteiger partial charge in [0.2, 0.25) is 17.8 Å². The van der Waals surface area contributed by atoms with Crippen molar-refractivity contribution in [3.8, 4) is 5.75 Å². The highest BCUT2D eigenvalue weighted by Crippen LogP contribution is 2.12. The maximum Gasteiger partial charge on any atom is 0.326 e. The second-order valence-electron chi connectivity index (χ2n) is 9.08. The van der Waals surface area contributed by atoms with Crippen LogP contribution in [-0.4, -0.2) is 72.5 Å². The number of fused-ring (bicyclic) bond motifs is 1. The first-order valence-electron chi connectivity index (χ1n) is 11.8. The molecule has 0 saturated heterocycles. The van der Waals surface area contributed by atoms with E-state index < -0.39 is 47.9 Å². The predicted octanol–water partition coefficient (Wildman–Crippen LogP) is -0.926. The predicted molar refractivity (Wildman–Crippen MR) is 137 cm³/mol. The van der Waals surface area contributed by atoms with Crippen LogP contribution in [0.5, 0.6) is 5.75 Å². The number of hydrogen-bond donors (Lipinski definition) is 7. The lowest BCUT2D eigenvalue weighted by Crippen LogP contribution is -2.54. The molecule has 15 heteroatoms. The van der Waals surface area contributed by atoms with Crippen LogP contribution in [0.2, 0.25) is 0 Å². The number of aromatic hydroxyl groups is 1. The van der Waals surface area contributed by atoms with Gasteiger partial charge in [0.05, 0.1) is 12.7 Å². The van der Waals surface area contributed by atoms with Gasteiger partial charge in [-0.15, -0.1) is 0 Å². The molecule has 3 rings (SSSR count). The monoisotopic (exact) mass is 540 g/mol. The lowest BCUT2D eigenvalue weighted by Gasteiger charge is -2.23. The lowest BCUT2D eigenvalue weighted by atomic mass is 10.0. The van der Waals surface area contributed by atoms with Gasteiger partial charge >= 0.3 is 5.97 Å². The molecule has 3 aromatic rings. The normalized spacial score (nSPS) is 12.5. The number of amides is 3. The van der Waals surface area contributed by atoms with E-state index in [0.717, 1.165) is 6.20 Å². The van der Waals surface area contributed by atoms with Crippen LogP contribution in [0.25, 0.3) is 11.2 Å². The van der Waals surface area contributed by atoms with Gasteiger partial charge in [0.1, 0.15) is 23.5 Å². The van der Waals surface area contributed by atoms with Gasteiger partial charge in [-0.05, 0) is 30.0 Å². The molecule has 39 heavy (non-hydrogen) atoms. The van der Waals surface area contributed by atoms with E-state index in [1.807, 2.05) is 13.8 Å². The molecule has 0 aliphatic rings. The first-order chi connectivity index (χ1) is 18.4. The number of anilines is 1. The van der Waals surface area contributed by atoms with Crippen molar-refractivity contribution in [1.82, 2.24) is 35.9 Å². The molecule has 1 aromatic carbocycles. The van der Waals surface area contributed by atoms with Crippen molar-refractivity contribution >= 4 is 40.8 Å². The number of nitrogen functional groups attached to an aromatic ring is 1. The number of aliphatic carboxylic acids is 1. The van der Waals surface area contributed by atoms with Crippen molar-refractivity contribution in [2.45, 2.75) is 38.8 Å². The number of hydrogen-bond acceptors (Lipinski definition) is 10. The van der Waals surface area contributed by atoms with E-state index in [9.17, 15) is 34.2 Å². The standard InChI is InChI=1S/C24H28N8O7/c1-11(2)7-14(21(36)30-15(23(38)39)8-12-3-5-13(33)6-4-12)28-17(34)10-27-20(35)16-9-26-18-19(29-16)31-24(25)32-22(18)37/h3-6,9,11,14-15,33H,7-8,10H2,1-2H3,(H,27,35)(H,28,34)(H,30,36)(H,38,39)(H3,25,29,31,32,37)/t14-,15-/m0/s1. The first kappa shape index (κ1) is 28.5. The Hall–Kier alpha value is -5.08. The van der Waals surface area contributed by atoms with Crippen molar-refractivity contribution in [3.63, 3.8) is 0 Å². The maximum atomic E-state index is 12.9. The molecule has 0 unspecified atom stereocenters. The number of aromatic amines is 1. The average molecular weight is 541 g/mol. The molecule has 0 radical (unpaired) electrons. The van der Waals surface area contributed by atoms with Crippen molar-refractivity contribution in [2.75, 3.05) is 12.3 Å². The molecule has 0 aliphatic heterocycles. The van der Waals surface area contributed by atoms with Crippen LogP contribution in [-0.2, 0) is 20.8 Å². The Bertz CT molecular complexity index is 1440. The molecule has 2 atom stereocenters. The molecule has 8 N–H and O–H groups in total. The summed E-state index contributed by atoms with van der Waals surface area (Å²) in [5.41, 5.74) is 4.94. The van der Waals surface area contributed by atoms with Crippen LogP contribution in [0.3, 0.4) is 0 Å². The number of carbonyl (C=O) groups is 4. The van der Waals surface area contributed by atoms with Gasteiger partial charge in [0.25, 0.3) is 11.5 Å². The van der Waals surface area contributed by atoms with Gasteiger partial charge in [-0.3, -0.25) is 24.2 Å². The van der Waals surface area contributed by atoms with Crippen molar-refractivity contribution in [2.24, 2.45) is 5.92 Å². The number of phenols is 1. The number of carboxylic acid groups (broad SMARTS) is 1. The van der Waals surface area contributed by atoms with Crippen LogP contribution in [0.15, 0.2) is 35.3 Å². The molecular weight excluding hydrogens is 512 g/mol. The molecule has 15 nitrogen and oxygen atoms in total. The topological polar surface area (TPSA) is 242 Å². The number of aromatic nitrogens is 4. The van der Waals surface area contributed by atoms with Crippen molar-refractivity contribution < 1.29 is 29.4 Å². The summed E-state index contributed by atoms with van der Waals surface area (Å²) in [6.07, 6.45) is 1.20. The minimum absolute atomic E-state index is 0.0192. The molecular formula is C24H28N8O7. The number of nitrogens with one attached hydrogen (secondary N) is 4. The lowest BCUT2D eigenvalue weighted by molar-refractivity contribution is -0.142. The molecule has 0 spiro atoms. The van der Waals surface area contributed by atoms with Crippen molar-refractivity contribution in [1.29, 1.82) is 0 Å². The summed E-state index contributed by atoms with van der Waals surface area (Å²) >= 11 is 0. The number of H-pyrrole nitrogens is 1. The van der Waals surface area contributed by atoms with Crippen LogP contribution in [0.4, 0.5) is 5.95 Å². The second-order valence-corrected chi connectivity index (χ2v) is 9.08. The zero-order chi connectivity index (χ0) is 28.7. The molecule has 0 aliphatic carbocycles. The number of nitrogens with zero attached hydrogens (tertiary/aromatic N) is 3. The molecule has 0 fully saturated rings. The summed E-state index contributed by atoms with van der Waals surface area (Å²) < 4.78 is 0. The number of phenolic OH excluding ortho intramolecular Hbond substituents is 1. The van der Waals surface area contributed by atoms with Crippen LogP contribution < -0.4 is 27.2 Å². The highest BCUT2D eigenvalue weighted by atomic mass is 16.4. The van der Waals surface area contributed by atoms with Crippen LogP contribution in [0, 0.1) is 5.92 Å². The third-order valence-electron chi connectivity index (χ3n) is 5.43. The Morgan fingerprint density at radius 3 is 2.38 bits per heavy atom. The van der Waals surface area contributed by atoms with E-state index in [2.05, 4.69) is 35.9 Å². The minimum atomic E-state index is -1.28. The Morgan fingerprint density at radius 2 is 1.74 bits per heavy atom. The Kier molecular flexibility index (Phi) is 9.09. The van der Waals surface area contributed by atoms with Crippen molar-refractivity contribution in [3.05, 3.63) is 52.1 Å². The summed E-state index contributed by atoms with van der Waals surface area (Å²) in [5, 5.41) is 26.3. The zero-order valence-corrected chi connectivity index (χ0v) is 21.1. The van der Waals surface area contributed by atoms with Gasteiger partial charge in [-0.1, -0.05) is 26.0 Å². The summed E-state index contributed by atoms with van der Waals surface area (Å²) in [5.74, 6) is -3.69. The quantitative estimate of drug-likeness (QED) is 0.157. The van der Waals surface area contributed by atoms with Gasteiger partial charge in [-0.2, -0.15) is 4.98 Å². The third-order valence-corrected chi connectivity index (χ3v) is 5.43. The van der Waals surface area contributed by atoms with Gasteiger partial charge < -0.3 is 31.9 Å². The first-order valence-corrected chi connectivity index (χ1v) is 11.8. The highest BCUT2D eigenvalue weighted by Gasteiger charge is 2.27. The largest absolute Gasteiger partial charge is 0.508 e. The molecule has 2 heterocycles. The molecule has 0 saturated carbocycles. The number of carbonyl (C=O) groups excluding carboxylic acids is 3. The maximum absolute atomic E-state index is 12.9. The summed E-state index contributed by atoms with van der Waals surface area (Å²) in [6.45, 7) is 3.12. The Morgan fingerprint density at radius 1 is 1.05 bits per heavy atom. The Balaban J connectivity index is 1.63. The zero-order valence-electron chi connectivity index (χ0n) is 21.1. The van der Waals surface area contributed by atoms with Crippen LogP contribution >= 0.6 is 0 Å². The average Bonchev–Trinajstić information content (AvgIpc) is 2.86. The van der Waals surface area contributed by atoms with Gasteiger partial charge in [0, 0.05) is 6.42 Å². The SMILES string of the molecule is CC(C)C[C@H](NC(=O)CNC(=O)c1cnc2c(=O)[nH]c(N)nc2n1)C(=O)N[C@@H](Cc1ccc(O)cc1)C(=O)O. The van der Waals surface area contributed by atoms with Crippen LogP contribution in [0.1, 0.15) is 36.3 Å². The number of nitrogens with two attached hydrogens (primary N) is 1. The molecule has 2 aromatic heterocycles. The molecule has 3 amide bonds. The van der Waals surface area contributed by atoms with E-state index in [1.54, 1.807) is 0 Å². The van der Waals surface area contributed by atoms with E-state index >= 15 is 0 Å². The fourth-order valence-corrected chi connectivity index (χ4v) is 3.58. The van der Waals surface area contributed by atoms with Gasteiger partial charge in [-0.25, -0.2) is 14.8 Å². The van der Waals surface area contributed by atoms with E-state index in [4.69, 9.17) is 5.73 Å².